The molecule has 1 saturated heterocycles. The van der Waals surface area contributed by atoms with E-state index in [1.165, 1.54) is 0 Å². The van der Waals surface area contributed by atoms with Gasteiger partial charge in [0.2, 0.25) is 11.7 Å². The van der Waals surface area contributed by atoms with Crippen LogP contribution in [0.2, 0.25) is 0 Å². The summed E-state index contributed by atoms with van der Waals surface area (Å²) in [6.07, 6.45) is 4.82. The molecule has 3 heterocycles. The fraction of sp³-hybridized carbons (Fsp3) is 0.375. The van der Waals surface area contributed by atoms with Gasteiger partial charge in [0.05, 0.1) is 11.1 Å². The first-order chi connectivity index (χ1) is 10.3. The van der Waals surface area contributed by atoms with Crippen LogP contribution in [0.4, 0.5) is 0 Å². The third kappa shape index (κ3) is 1.88. The standard InChI is InChI=1S/C16H17N3O2/c1-2-16(8-5-9-17-16)15-18-14(19-21-15)12-10-20-13-7-4-3-6-11(12)13/h3-4,6-7,10,17H,2,5,8-9H2,1H3. The van der Waals surface area contributed by atoms with E-state index in [2.05, 4.69) is 22.4 Å². The topological polar surface area (TPSA) is 64.1 Å². The van der Waals surface area contributed by atoms with Crippen LogP contribution in [-0.2, 0) is 5.54 Å². The number of fused-ring (bicyclic) bond motifs is 1. The van der Waals surface area contributed by atoms with Gasteiger partial charge in [-0.1, -0.05) is 30.3 Å². The molecule has 0 spiro atoms. The quantitative estimate of drug-likeness (QED) is 0.797. The number of furan rings is 1. The van der Waals surface area contributed by atoms with Crippen LogP contribution < -0.4 is 5.32 Å². The maximum Gasteiger partial charge on any atom is 0.247 e. The summed E-state index contributed by atoms with van der Waals surface area (Å²) >= 11 is 0. The molecule has 3 aromatic rings. The summed E-state index contributed by atoms with van der Waals surface area (Å²) in [6, 6.07) is 7.87. The van der Waals surface area contributed by atoms with Gasteiger partial charge in [-0.15, -0.1) is 0 Å². The van der Waals surface area contributed by atoms with Gasteiger partial charge in [0.25, 0.3) is 0 Å². The van der Waals surface area contributed by atoms with E-state index >= 15 is 0 Å². The molecular formula is C16H17N3O2. The van der Waals surface area contributed by atoms with Gasteiger partial charge in [-0.2, -0.15) is 4.98 Å². The van der Waals surface area contributed by atoms with Gasteiger partial charge < -0.3 is 14.3 Å². The van der Waals surface area contributed by atoms with E-state index in [4.69, 9.17) is 8.94 Å². The zero-order valence-electron chi connectivity index (χ0n) is 11.9. The van der Waals surface area contributed by atoms with Gasteiger partial charge in [0.15, 0.2) is 0 Å². The van der Waals surface area contributed by atoms with Gasteiger partial charge in [-0.05, 0) is 31.9 Å². The molecular weight excluding hydrogens is 266 g/mol. The Morgan fingerprint density at radius 1 is 1.33 bits per heavy atom. The minimum absolute atomic E-state index is 0.162. The number of para-hydroxylation sites is 1. The van der Waals surface area contributed by atoms with Gasteiger partial charge in [0.1, 0.15) is 11.8 Å². The molecule has 2 aromatic heterocycles. The van der Waals surface area contributed by atoms with Gasteiger partial charge in [-0.25, -0.2) is 0 Å². The van der Waals surface area contributed by atoms with Crippen molar-refractivity contribution in [2.75, 3.05) is 6.54 Å². The van der Waals surface area contributed by atoms with Crippen molar-refractivity contribution in [1.82, 2.24) is 15.5 Å². The Bertz CT molecular complexity index is 769. The zero-order valence-corrected chi connectivity index (χ0v) is 11.9. The number of benzene rings is 1. The molecule has 0 aliphatic carbocycles. The van der Waals surface area contributed by atoms with Crippen molar-refractivity contribution in [2.45, 2.75) is 31.7 Å². The molecule has 21 heavy (non-hydrogen) atoms. The third-order valence-electron chi connectivity index (χ3n) is 4.40. The number of hydrogen-bond acceptors (Lipinski definition) is 5. The second-order valence-electron chi connectivity index (χ2n) is 5.53. The fourth-order valence-corrected chi connectivity index (χ4v) is 3.12. The Hall–Kier alpha value is -2.14. The van der Waals surface area contributed by atoms with Crippen molar-refractivity contribution in [3.05, 3.63) is 36.4 Å². The van der Waals surface area contributed by atoms with Crippen molar-refractivity contribution < 1.29 is 8.94 Å². The van der Waals surface area contributed by atoms with Crippen LogP contribution in [0, 0.1) is 0 Å². The lowest BCUT2D eigenvalue weighted by molar-refractivity contribution is 0.250. The molecule has 1 aliphatic heterocycles. The molecule has 1 aliphatic rings. The minimum Gasteiger partial charge on any atom is -0.464 e. The first-order valence-corrected chi connectivity index (χ1v) is 7.38. The second kappa shape index (κ2) is 4.70. The molecule has 1 unspecified atom stereocenters. The van der Waals surface area contributed by atoms with Crippen molar-refractivity contribution in [2.24, 2.45) is 0 Å². The summed E-state index contributed by atoms with van der Waals surface area (Å²) in [5.41, 5.74) is 1.55. The Kier molecular flexibility index (Phi) is 2.82. The normalized spacial score (nSPS) is 22.1. The Morgan fingerprint density at radius 2 is 2.24 bits per heavy atom. The Balaban J connectivity index is 1.77. The van der Waals surface area contributed by atoms with E-state index in [0.29, 0.717) is 11.7 Å². The van der Waals surface area contributed by atoms with E-state index in [0.717, 1.165) is 42.3 Å². The molecule has 4 rings (SSSR count). The first kappa shape index (κ1) is 12.6. The first-order valence-electron chi connectivity index (χ1n) is 7.38. The number of nitrogens with one attached hydrogen (secondary N) is 1. The van der Waals surface area contributed by atoms with Crippen molar-refractivity contribution >= 4 is 11.0 Å². The van der Waals surface area contributed by atoms with Gasteiger partial charge in [0, 0.05) is 5.39 Å². The Labute approximate surface area is 122 Å². The molecule has 0 saturated carbocycles. The number of aromatic nitrogens is 2. The van der Waals surface area contributed by atoms with Crippen LogP contribution in [0.1, 0.15) is 32.1 Å². The highest BCUT2D eigenvalue weighted by molar-refractivity contribution is 5.91. The fourth-order valence-electron chi connectivity index (χ4n) is 3.12. The molecule has 1 fully saturated rings. The highest BCUT2D eigenvalue weighted by atomic mass is 16.5. The average molecular weight is 283 g/mol. The molecule has 5 heteroatoms. The lowest BCUT2D eigenvalue weighted by Crippen LogP contribution is -2.36. The number of nitrogens with zero attached hydrogens (tertiary/aromatic N) is 2. The highest BCUT2D eigenvalue weighted by Gasteiger charge is 2.39. The number of hydrogen-bond donors (Lipinski definition) is 1. The van der Waals surface area contributed by atoms with E-state index in [9.17, 15) is 0 Å². The summed E-state index contributed by atoms with van der Waals surface area (Å²) in [7, 11) is 0. The summed E-state index contributed by atoms with van der Waals surface area (Å²) < 4.78 is 11.1. The molecule has 5 nitrogen and oxygen atoms in total. The van der Waals surface area contributed by atoms with E-state index in [-0.39, 0.29) is 5.54 Å². The third-order valence-corrected chi connectivity index (χ3v) is 4.40. The number of rotatable bonds is 3. The molecule has 0 radical (unpaired) electrons. The molecule has 108 valence electrons. The molecule has 0 amide bonds. The summed E-state index contributed by atoms with van der Waals surface area (Å²) in [4.78, 5) is 4.63. The second-order valence-corrected chi connectivity index (χ2v) is 5.53. The average Bonchev–Trinajstić information content (AvgIpc) is 3.25. The maximum atomic E-state index is 5.55. The van der Waals surface area contributed by atoms with E-state index < -0.39 is 0 Å². The van der Waals surface area contributed by atoms with Gasteiger partial charge in [-0.3, -0.25) is 0 Å². The summed E-state index contributed by atoms with van der Waals surface area (Å²) in [6.45, 7) is 3.15. The smallest absolute Gasteiger partial charge is 0.247 e. The van der Waals surface area contributed by atoms with Crippen molar-refractivity contribution in [1.29, 1.82) is 0 Å². The summed E-state index contributed by atoms with van der Waals surface area (Å²) in [5, 5.41) is 8.68. The van der Waals surface area contributed by atoms with E-state index in [1.54, 1.807) is 6.26 Å². The molecule has 1 aromatic carbocycles. The molecule has 1 N–H and O–H groups in total. The van der Waals surface area contributed by atoms with Crippen molar-refractivity contribution in [3.8, 4) is 11.4 Å². The van der Waals surface area contributed by atoms with Crippen LogP contribution >= 0.6 is 0 Å². The highest BCUT2D eigenvalue weighted by Crippen LogP contribution is 2.35. The largest absolute Gasteiger partial charge is 0.464 e. The van der Waals surface area contributed by atoms with Gasteiger partial charge >= 0.3 is 0 Å². The predicted molar refractivity (Wildman–Crippen MR) is 78.7 cm³/mol. The molecule has 0 bridgehead atoms. The SMILES string of the molecule is CCC1(c2nc(-c3coc4ccccc34)no2)CCCN1. The monoisotopic (exact) mass is 283 g/mol. The lowest BCUT2D eigenvalue weighted by Gasteiger charge is -2.22. The zero-order chi connectivity index (χ0) is 14.3. The van der Waals surface area contributed by atoms with E-state index in [1.807, 2.05) is 24.3 Å². The van der Waals surface area contributed by atoms with Crippen molar-refractivity contribution in [3.63, 3.8) is 0 Å². The maximum absolute atomic E-state index is 5.55. The van der Waals surface area contributed by atoms with Crippen LogP contribution in [-0.4, -0.2) is 16.7 Å². The van der Waals surface area contributed by atoms with Crippen LogP contribution in [0.5, 0.6) is 0 Å². The van der Waals surface area contributed by atoms with Crippen LogP contribution in [0.3, 0.4) is 0 Å². The Morgan fingerprint density at radius 3 is 3.05 bits per heavy atom. The predicted octanol–water partition coefficient (Wildman–Crippen LogP) is 3.47. The lowest BCUT2D eigenvalue weighted by atomic mass is 9.94. The van der Waals surface area contributed by atoms with Crippen LogP contribution in [0.25, 0.3) is 22.4 Å². The molecule has 1 atom stereocenters. The van der Waals surface area contributed by atoms with Crippen LogP contribution in [0.15, 0.2) is 39.5 Å². The minimum atomic E-state index is -0.162. The summed E-state index contributed by atoms with van der Waals surface area (Å²) in [5.74, 6) is 1.28.